The van der Waals surface area contributed by atoms with Gasteiger partial charge in [0.1, 0.15) is 0 Å². The van der Waals surface area contributed by atoms with Gasteiger partial charge in [-0.15, -0.1) is 0 Å². The molecule has 0 aliphatic carbocycles. The predicted molar refractivity (Wildman–Crippen MR) is 87.3 cm³/mol. The van der Waals surface area contributed by atoms with E-state index in [0.717, 1.165) is 15.9 Å². The van der Waals surface area contributed by atoms with E-state index in [2.05, 4.69) is 21.2 Å². The number of allylic oxidation sites excluding steroid dienone is 2. The zero-order valence-electron chi connectivity index (χ0n) is 10.9. The summed E-state index contributed by atoms with van der Waals surface area (Å²) < 4.78 is 0.953. The molecular formula is C16H13BrClNO. The van der Waals surface area contributed by atoms with Crippen molar-refractivity contribution in [2.75, 3.05) is 5.32 Å². The molecule has 102 valence electrons. The molecule has 2 nitrogen and oxygen atoms in total. The maximum Gasteiger partial charge on any atom is 0.187 e. The van der Waals surface area contributed by atoms with Gasteiger partial charge in [0.05, 0.1) is 0 Å². The van der Waals surface area contributed by atoms with Gasteiger partial charge in [0.15, 0.2) is 5.78 Å². The number of anilines is 1. The fourth-order valence-electron chi connectivity index (χ4n) is 1.69. The Labute approximate surface area is 131 Å². The molecule has 0 amide bonds. The first-order chi connectivity index (χ1) is 9.54. The molecule has 0 heterocycles. The summed E-state index contributed by atoms with van der Waals surface area (Å²) >= 11 is 9.17. The summed E-state index contributed by atoms with van der Waals surface area (Å²) in [7, 11) is 0. The first-order valence-electron chi connectivity index (χ1n) is 6.05. The van der Waals surface area contributed by atoms with Crippen molar-refractivity contribution in [2.45, 2.75) is 6.92 Å². The number of carbonyl (C=O) groups is 1. The lowest BCUT2D eigenvalue weighted by atomic mass is 10.1. The molecule has 0 aromatic heterocycles. The lowest BCUT2D eigenvalue weighted by Crippen LogP contribution is -2.01. The third kappa shape index (κ3) is 4.22. The molecule has 0 aliphatic heterocycles. The topological polar surface area (TPSA) is 29.1 Å². The van der Waals surface area contributed by atoms with E-state index in [1.165, 1.54) is 0 Å². The zero-order valence-corrected chi connectivity index (χ0v) is 13.2. The fraction of sp³-hybridized carbons (Fsp3) is 0.0625. The Bertz CT molecular complexity index is 633. The van der Waals surface area contributed by atoms with Gasteiger partial charge in [-0.3, -0.25) is 4.79 Å². The molecule has 1 N–H and O–H groups in total. The van der Waals surface area contributed by atoms with Gasteiger partial charge in [0, 0.05) is 32.5 Å². The quantitative estimate of drug-likeness (QED) is 0.599. The number of hydrogen-bond acceptors (Lipinski definition) is 2. The number of nitrogens with one attached hydrogen (secondary N) is 1. The molecule has 2 rings (SSSR count). The van der Waals surface area contributed by atoms with Crippen molar-refractivity contribution in [1.29, 1.82) is 0 Å². The Morgan fingerprint density at radius 1 is 1.10 bits per heavy atom. The smallest absolute Gasteiger partial charge is 0.187 e. The van der Waals surface area contributed by atoms with Gasteiger partial charge < -0.3 is 5.32 Å². The Morgan fingerprint density at radius 3 is 2.30 bits per heavy atom. The Balaban J connectivity index is 2.07. The van der Waals surface area contributed by atoms with Crippen LogP contribution in [0, 0.1) is 0 Å². The molecule has 0 saturated heterocycles. The van der Waals surface area contributed by atoms with Gasteiger partial charge in [0.2, 0.25) is 0 Å². The minimum atomic E-state index is -0.0311. The molecule has 0 fully saturated rings. The van der Waals surface area contributed by atoms with E-state index >= 15 is 0 Å². The van der Waals surface area contributed by atoms with Crippen molar-refractivity contribution in [3.63, 3.8) is 0 Å². The van der Waals surface area contributed by atoms with Crippen molar-refractivity contribution in [3.8, 4) is 0 Å². The second-order valence-electron chi connectivity index (χ2n) is 4.33. The summed E-state index contributed by atoms with van der Waals surface area (Å²) in [4.78, 5) is 12.1. The minimum absolute atomic E-state index is 0.0311. The molecule has 0 atom stereocenters. The van der Waals surface area contributed by atoms with E-state index in [-0.39, 0.29) is 5.78 Å². The van der Waals surface area contributed by atoms with E-state index in [9.17, 15) is 4.79 Å². The average molecular weight is 351 g/mol. The lowest BCUT2D eigenvalue weighted by molar-refractivity contribution is 0.104. The van der Waals surface area contributed by atoms with Crippen LogP contribution in [0.5, 0.6) is 0 Å². The van der Waals surface area contributed by atoms with Crippen molar-refractivity contribution in [1.82, 2.24) is 0 Å². The number of ketones is 1. The molecule has 0 bridgehead atoms. The van der Waals surface area contributed by atoms with Crippen molar-refractivity contribution in [2.24, 2.45) is 0 Å². The van der Waals surface area contributed by atoms with E-state index in [4.69, 9.17) is 11.6 Å². The summed E-state index contributed by atoms with van der Waals surface area (Å²) in [5.74, 6) is -0.0311. The normalized spacial score (nSPS) is 11.2. The van der Waals surface area contributed by atoms with Crippen LogP contribution in [0.2, 0.25) is 5.02 Å². The third-order valence-corrected chi connectivity index (χ3v) is 3.44. The van der Waals surface area contributed by atoms with Gasteiger partial charge in [-0.2, -0.15) is 0 Å². The van der Waals surface area contributed by atoms with E-state index in [1.54, 1.807) is 30.3 Å². The van der Waals surface area contributed by atoms with Crippen LogP contribution in [0.1, 0.15) is 17.3 Å². The molecule has 0 unspecified atom stereocenters. The second-order valence-corrected chi connectivity index (χ2v) is 5.68. The predicted octanol–water partition coefficient (Wildman–Crippen LogP) is 5.30. The molecule has 0 spiro atoms. The summed E-state index contributed by atoms with van der Waals surface area (Å²) in [6.07, 6.45) is 1.58. The Hall–Kier alpha value is -1.58. The maximum atomic E-state index is 12.1. The molecule has 0 saturated carbocycles. The monoisotopic (exact) mass is 349 g/mol. The fourth-order valence-corrected chi connectivity index (χ4v) is 2.08. The third-order valence-electron chi connectivity index (χ3n) is 2.66. The van der Waals surface area contributed by atoms with Crippen LogP contribution in [-0.2, 0) is 0 Å². The largest absolute Gasteiger partial charge is 0.359 e. The van der Waals surface area contributed by atoms with E-state index < -0.39 is 0 Å². The minimum Gasteiger partial charge on any atom is -0.359 e. The van der Waals surface area contributed by atoms with E-state index in [1.807, 2.05) is 31.2 Å². The van der Waals surface area contributed by atoms with Crippen LogP contribution >= 0.6 is 27.5 Å². The average Bonchev–Trinajstić information content (AvgIpc) is 2.42. The maximum absolute atomic E-state index is 12.1. The number of halogens is 2. The van der Waals surface area contributed by atoms with Crippen LogP contribution in [0.3, 0.4) is 0 Å². The van der Waals surface area contributed by atoms with Gasteiger partial charge in [-0.1, -0.05) is 27.5 Å². The van der Waals surface area contributed by atoms with Crippen molar-refractivity contribution >= 4 is 39.0 Å². The molecule has 2 aromatic carbocycles. The summed E-state index contributed by atoms with van der Waals surface area (Å²) in [6, 6.07) is 14.6. The highest BCUT2D eigenvalue weighted by Gasteiger charge is 2.03. The van der Waals surface area contributed by atoms with Crippen molar-refractivity contribution in [3.05, 3.63) is 75.4 Å². The molecule has 2 aromatic rings. The number of benzene rings is 2. The number of carbonyl (C=O) groups excluding carboxylic acids is 1. The van der Waals surface area contributed by atoms with Crippen LogP contribution in [0.15, 0.2) is 64.8 Å². The van der Waals surface area contributed by atoms with Gasteiger partial charge in [-0.05, 0) is 55.5 Å². The Morgan fingerprint density at radius 2 is 1.70 bits per heavy atom. The molecule has 20 heavy (non-hydrogen) atoms. The van der Waals surface area contributed by atoms with Gasteiger partial charge in [-0.25, -0.2) is 0 Å². The molecule has 4 heteroatoms. The van der Waals surface area contributed by atoms with E-state index in [0.29, 0.717) is 10.6 Å². The highest BCUT2D eigenvalue weighted by atomic mass is 79.9. The second kappa shape index (κ2) is 6.73. The first-order valence-corrected chi connectivity index (χ1v) is 7.22. The van der Waals surface area contributed by atoms with Crippen LogP contribution < -0.4 is 5.32 Å². The highest BCUT2D eigenvalue weighted by molar-refractivity contribution is 9.10. The van der Waals surface area contributed by atoms with Crippen LogP contribution in [0.25, 0.3) is 0 Å². The van der Waals surface area contributed by atoms with Crippen molar-refractivity contribution < 1.29 is 4.79 Å². The Kier molecular flexibility index (Phi) is 4.99. The number of rotatable bonds is 4. The highest BCUT2D eigenvalue weighted by Crippen LogP contribution is 2.16. The molecular weight excluding hydrogens is 338 g/mol. The van der Waals surface area contributed by atoms with Crippen LogP contribution in [0.4, 0.5) is 5.69 Å². The standard InChI is InChI=1S/C16H13BrClNO/c1-11(19-15-8-6-14(18)7-9-15)10-16(20)12-2-4-13(17)5-3-12/h2-10,19H,1H3/b11-10-. The molecule has 0 aliphatic rings. The zero-order chi connectivity index (χ0) is 14.5. The summed E-state index contributed by atoms with van der Waals surface area (Å²) in [6.45, 7) is 1.85. The summed E-state index contributed by atoms with van der Waals surface area (Å²) in [5, 5.41) is 3.84. The number of hydrogen-bond donors (Lipinski definition) is 1. The first kappa shape index (κ1) is 14.8. The summed E-state index contributed by atoms with van der Waals surface area (Å²) in [5.41, 5.74) is 2.33. The molecule has 0 radical (unpaired) electrons. The van der Waals surface area contributed by atoms with Gasteiger partial charge in [0.25, 0.3) is 0 Å². The SMILES string of the molecule is C/C(=C/C(=O)c1ccc(Br)cc1)Nc1ccc(Cl)cc1. The van der Waals surface area contributed by atoms with Crippen LogP contribution in [-0.4, -0.2) is 5.78 Å². The van der Waals surface area contributed by atoms with Gasteiger partial charge >= 0.3 is 0 Å². The lowest BCUT2D eigenvalue weighted by Gasteiger charge is -2.06.